The summed E-state index contributed by atoms with van der Waals surface area (Å²) < 4.78 is 2.53. The second-order valence-corrected chi connectivity index (χ2v) is 3.75. The van der Waals surface area contributed by atoms with Crippen molar-refractivity contribution in [3.63, 3.8) is 0 Å². The van der Waals surface area contributed by atoms with E-state index in [-0.39, 0.29) is 32.8 Å². The van der Waals surface area contributed by atoms with Crippen LogP contribution in [0.2, 0.25) is 0 Å². The van der Waals surface area contributed by atoms with Gasteiger partial charge >= 0.3 is 17.1 Å². The highest BCUT2D eigenvalue weighted by molar-refractivity contribution is 4.79. The van der Waals surface area contributed by atoms with E-state index in [2.05, 4.69) is 0 Å². The first-order valence-corrected chi connectivity index (χ1v) is 5.74. The SMILES string of the molecule is CCCn1c(=O)n(CCO)c(=O)n(CCO)c1=O. The quantitative estimate of drug-likeness (QED) is 0.590. The maximum absolute atomic E-state index is 11.9. The van der Waals surface area contributed by atoms with Crippen molar-refractivity contribution in [1.82, 2.24) is 13.7 Å². The standard InChI is InChI=1S/C10H17N3O5/c1-2-3-11-8(16)12(4-6-14)10(18)13(5-7-15)9(11)17/h14-15H,2-7H2,1H3. The van der Waals surface area contributed by atoms with Gasteiger partial charge in [-0.3, -0.25) is 0 Å². The molecule has 0 radical (unpaired) electrons. The van der Waals surface area contributed by atoms with Gasteiger partial charge in [0.2, 0.25) is 0 Å². The van der Waals surface area contributed by atoms with Crippen LogP contribution in [0.15, 0.2) is 14.4 Å². The summed E-state index contributed by atoms with van der Waals surface area (Å²) >= 11 is 0. The van der Waals surface area contributed by atoms with E-state index in [1.165, 1.54) is 0 Å². The Morgan fingerprint density at radius 1 is 0.778 bits per heavy atom. The molecule has 1 heterocycles. The highest BCUT2D eigenvalue weighted by atomic mass is 16.3. The van der Waals surface area contributed by atoms with Crippen LogP contribution in [0.5, 0.6) is 0 Å². The van der Waals surface area contributed by atoms with Crippen molar-refractivity contribution >= 4 is 0 Å². The highest BCUT2D eigenvalue weighted by Crippen LogP contribution is 1.81. The molecule has 0 unspecified atom stereocenters. The normalized spacial score (nSPS) is 10.8. The molecule has 0 aromatic carbocycles. The van der Waals surface area contributed by atoms with Gasteiger partial charge in [0.15, 0.2) is 0 Å². The fourth-order valence-electron chi connectivity index (χ4n) is 1.68. The Morgan fingerprint density at radius 3 is 1.39 bits per heavy atom. The molecular formula is C10H17N3O5. The average molecular weight is 259 g/mol. The van der Waals surface area contributed by atoms with E-state index in [0.717, 1.165) is 13.7 Å². The molecule has 102 valence electrons. The molecule has 0 saturated heterocycles. The number of hydrogen-bond donors (Lipinski definition) is 2. The minimum absolute atomic E-state index is 0.174. The first kappa shape index (κ1) is 14.4. The lowest BCUT2D eigenvalue weighted by Gasteiger charge is -2.11. The van der Waals surface area contributed by atoms with Crippen molar-refractivity contribution in [3.05, 3.63) is 31.5 Å². The molecule has 0 spiro atoms. The smallest absolute Gasteiger partial charge is 0.336 e. The minimum Gasteiger partial charge on any atom is -0.395 e. The fraction of sp³-hybridized carbons (Fsp3) is 0.700. The topological polar surface area (TPSA) is 106 Å². The molecule has 0 amide bonds. The number of rotatable bonds is 6. The summed E-state index contributed by atoms with van der Waals surface area (Å²) in [7, 11) is 0. The summed E-state index contributed by atoms with van der Waals surface area (Å²) in [6.07, 6.45) is 0.561. The molecule has 1 aromatic rings. The van der Waals surface area contributed by atoms with Gasteiger partial charge < -0.3 is 10.2 Å². The van der Waals surface area contributed by atoms with Crippen LogP contribution in [0.1, 0.15) is 13.3 Å². The van der Waals surface area contributed by atoms with Crippen LogP contribution < -0.4 is 17.1 Å². The highest BCUT2D eigenvalue weighted by Gasteiger charge is 2.13. The van der Waals surface area contributed by atoms with Gasteiger partial charge in [-0.2, -0.15) is 0 Å². The van der Waals surface area contributed by atoms with Crippen LogP contribution >= 0.6 is 0 Å². The van der Waals surface area contributed by atoms with E-state index in [4.69, 9.17) is 10.2 Å². The first-order valence-electron chi connectivity index (χ1n) is 5.74. The molecule has 0 aliphatic carbocycles. The van der Waals surface area contributed by atoms with Crippen molar-refractivity contribution in [2.75, 3.05) is 13.2 Å². The summed E-state index contributed by atoms with van der Waals surface area (Å²) in [5.41, 5.74) is -2.26. The third-order valence-electron chi connectivity index (χ3n) is 2.48. The Bertz CT molecular complexity index is 457. The Kier molecular flexibility index (Phi) is 5.05. The molecule has 0 bridgehead atoms. The van der Waals surface area contributed by atoms with E-state index in [0.29, 0.717) is 6.42 Å². The zero-order valence-corrected chi connectivity index (χ0v) is 10.2. The van der Waals surface area contributed by atoms with Crippen molar-refractivity contribution < 1.29 is 10.2 Å². The molecule has 8 nitrogen and oxygen atoms in total. The van der Waals surface area contributed by atoms with Crippen LogP contribution in [0.3, 0.4) is 0 Å². The number of nitrogens with zero attached hydrogens (tertiary/aromatic N) is 3. The van der Waals surface area contributed by atoms with Gasteiger partial charge in [0.1, 0.15) is 0 Å². The van der Waals surface area contributed by atoms with Crippen LogP contribution in [0, 0.1) is 0 Å². The van der Waals surface area contributed by atoms with Gasteiger partial charge in [-0.25, -0.2) is 28.1 Å². The van der Waals surface area contributed by atoms with Crippen LogP contribution in [0.25, 0.3) is 0 Å². The predicted molar refractivity (Wildman–Crippen MR) is 63.7 cm³/mol. The molecule has 0 fully saturated rings. The van der Waals surface area contributed by atoms with E-state index < -0.39 is 17.1 Å². The number of aromatic nitrogens is 3. The average Bonchev–Trinajstić information content (AvgIpc) is 2.35. The molecule has 1 aromatic heterocycles. The molecule has 1 rings (SSSR count). The summed E-state index contributed by atoms with van der Waals surface area (Å²) in [4.78, 5) is 35.6. The maximum atomic E-state index is 11.9. The second kappa shape index (κ2) is 6.31. The van der Waals surface area contributed by atoms with E-state index in [1.54, 1.807) is 6.92 Å². The van der Waals surface area contributed by atoms with Crippen molar-refractivity contribution in [1.29, 1.82) is 0 Å². The van der Waals surface area contributed by atoms with E-state index >= 15 is 0 Å². The summed E-state index contributed by atoms with van der Waals surface area (Å²) in [5, 5.41) is 17.7. The first-order chi connectivity index (χ1) is 8.58. The molecule has 0 atom stereocenters. The molecule has 18 heavy (non-hydrogen) atoms. The third kappa shape index (κ3) is 2.59. The monoisotopic (exact) mass is 259 g/mol. The summed E-state index contributed by atoms with van der Waals surface area (Å²) in [6.45, 7) is 0.885. The van der Waals surface area contributed by atoms with Gasteiger partial charge in [0.25, 0.3) is 0 Å². The molecule has 8 heteroatoms. The van der Waals surface area contributed by atoms with Crippen molar-refractivity contribution in [2.45, 2.75) is 33.0 Å². The lowest BCUT2D eigenvalue weighted by molar-refractivity contribution is 0.250. The van der Waals surface area contributed by atoms with Gasteiger partial charge in [0, 0.05) is 6.54 Å². The Morgan fingerprint density at radius 2 is 1.11 bits per heavy atom. The van der Waals surface area contributed by atoms with Crippen LogP contribution in [-0.2, 0) is 19.6 Å². The number of aliphatic hydroxyl groups excluding tert-OH is 2. The van der Waals surface area contributed by atoms with E-state index in [1.807, 2.05) is 0 Å². The van der Waals surface area contributed by atoms with Crippen molar-refractivity contribution in [2.24, 2.45) is 0 Å². The van der Waals surface area contributed by atoms with Gasteiger partial charge in [-0.15, -0.1) is 0 Å². The zero-order valence-electron chi connectivity index (χ0n) is 10.2. The van der Waals surface area contributed by atoms with Crippen molar-refractivity contribution in [3.8, 4) is 0 Å². The van der Waals surface area contributed by atoms with Gasteiger partial charge in [-0.05, 0) is 6.42 Å². The number of aliphatic hydroxyl groups is 2. The molecule has 2 N–H and O–H groups in total. The second-order valence-electron chi connectivity index (χ2n) is 3.75. The predicted octanol–water partition coefficient (Wildman–Crippen LogP) is -2.43. The minimum atomic E-state index is -0.805. The zero-order chi connectivity index (χ0) is 13.7. The van der Waals surface area contributed by atoms with Gasteiger partial charge in [-0.1, -0.05) is 6.92 Å². The molecule has 0 aliphatic heterocycles. The van der Waals surface area contributed by atoms with E-state index in [9.17, 15) is 14.4 Å². The Labute approximate surface area is 102 Å². The molecule has 0 saturated carbocycles. The molecule has 0 aliphatic rings. The fourth-order valence-corrected chi connectivity index (χ4v) is 1.68. The van der Waals surface area contributed by atoms with Gasteiger partial charge in [0.05, 0.1) is 26.3 Å². The lowest BCUT2D eigenvalue weighted by Crippen LogP contribution is -2.55. The number of hydrogen-bond acceptors (Lipinski definition) is 5. The lowest BCUT2D eigenvalue weighted by atomic mass is 10.5. The van der Waals surface area contributed by atoms with Crippen LogP contribution in [-0.4, -0.2) is 37.1 Å². The third-order valence-corrected chi connectivity index (χ3v) is 2.48. The largest absolute Gasteiger partial charge is 0.395 e. The maximum Gasteiger partial charge on any atom is 0.336 e. The summed E-state index contributed by atoms with van der Waals surface area (Å²) in [5.74, 6) is 0. The Balaban J connectivity index is 3.59. The molecular weight excluding hydrogens is 242 g/mol. The van der Waals surface area contributed by atoms with Crippen LogP contribution in [0.4, 0.5) is 0 Å². The summed E-state index contributed by atoms with van der Waals surface area (Å²) in [6, 6.07) is 0. The Hall–Kier alpha value is -1.67.